The molecule has 3 fully saturated rings. The predicted molar refractivity (Wildman–Crippen MR) is 188 cm³/mol. The van der Waals surface area contributed by atoms with Crippen molar-refractivity contribution in [2.24, 2.45) is 23.7 Å². The lowest BCUT2D eigenvalue weighted by Crippen LogP contribution is -2.53. The van der Waals surface area contributed by atoms with Gasteiger partial charge in [-0.2, -0.15) is 5.01 Å². The number of nitrogens with zero attached hydrogens (tertiary/aromatic N) is 2. The lowest BCUT2D eigenvalue weighted by Gasteiger charge is -2.50. The maximum atomic E-state index is 15.3. The number of likely N-dealkylation sites (tertiary alicyclic amines) is 1. The molecule has 1 saturated carbocycles. The number of amides is 4. The maximum absolute atomic E-state index is 15.3. The summed E-state index contributed by atoms with van der Waals surface area (Å²) < 4.78 is 6.11. The van der Waals surface area contributed by atoms with Crippen LogP contribution in [-0.2, 0) is 31.1 Å². The molecule has 10 heteroatoms. The standard InChI is InChI=1S/C40H37N3O6S/c1-24-13-15-26(16-14-24)41-43-37(46)32-22-31-28(17-18-30-34(31)38(47)42(36(30)45)23-27-10-7-21-50-27)35(29-11-5-6-12-33(29)49-20-19-44)40(32,39(43)48)25-8-3-2-4-9-25/h2-17,21,30-32,34-35,41,44H,18-20,22-23H2,1H3/t30-,31+,32-,34-,35+,40+/m0/s1. The Morgan fingerprint density at radius 2 is 1.64 bits per heavy atom. The van der Waals surface area contributed by atoms with Crippen LogP contribution in [-0.4, -0.2) is 51.9 Å². The van der Waals surface area contributed by atoms with Gasteiger partial charge in [-0.1, -0.05) is 83.9 Å². The minimum atomic E-state index is -1.40. The Kier molecular flexibility index (Phi) is 8.16. The van der Waals surface area contributed by atoms with Crippen LogP contribution in [0.4, 0.5) is 5.69 Å². The molecule has 4 amide bonds. The van der Waals surface area contributed by atoms with Crippen LogP contribution < -0.4 is 10.2 Å². The van der Waals surface area contributed by atoms with E-state index in [9.17, 15) is 19.5 Å². The summed E-state index contributed by atoms with van der Waals surface area (Å²) in [5.74, 6) is -3.95. The number of aryl methyl sites for hydroxylation is 1. The van der Waals surface area contributed by atoms with Gasteiger partial charge in [0.05, 0.1) is 42.0 Å². The van der Waals surface area contributed by atoms with Crippen molar-refractivity contribution in [3.05, 3.63) is 130 Å². The third-order valence-corrected chi connectivity index (χ3v) is 11.8. The van der Waals surface area contributed by atoms with Gasteiger partial charge >= 0.3 is 0 Å². The number of hydrogen-bond donors (Lipinski definition) is 2. The van der Waals surface area contributed by atoms with Gasteiger partial charge in [0.1, 0.15) is 12.4 Å². The highest BCUT2D eigenvalue weighted by molar-refractivity contribution is 7.09. The Balaban J connectivity index is 1.31. The van der Waals surface area contributed by atoms with Crippen molar-refractivity contribution in [2.75, 3.05) is 18.6 Å². The number of anilines is 1. The molecule has 9 nitrogen and oxygen atoms in total. The number of ether oxygens (including phenoxy) is 1. The van der Waals surface area contributed by atoms with Crippen molar-refractivity contribution in [3.8, 4) is 5.75 Å². The molecular weight excluding hydrogens is 651 g/mol. The summed E-state index contributed by atoms with van der Waals surface area (Å²) in [6, 6.07) is 28.2. The van der Waals surface area contributed by atoms with Crippen LogP contribution in [0.25, 0.3) is 0 Å². The molecule has 4 aliphatic rings. The van der Waals surface area contributed by atoms with Crippen molar-refractivity contribution in [3.63, 3.8) is 0 Å². The molecule has 2 saturated heterocycles. The normalized spacial score (nSPS) is 27.2. The summed E-state index contributed by atoms with van der Waals surface area (Å²) in [6.45, 7) is 2.02. The lowest BCUT2D eigenvalue weighted by atomic mass is 9.49. The highest BCUT2D eigenvalue weighted by Gasteiger charge is 2.70. The number of nitrogens with one attached hydrogen (secondary N) is 1. The monoisotopic (exact) mass is 687 g/mol. The van der Waals surface area contributed by atoms with Gasteiger partial charge in [0.25, 0.3) is 11.8 Å². The first kappa shape index (κ1) is 32.2. The summed E-state index contributed by atoms with van der Waals surface area (Å²) in [4.78, 5) is 60.7. The molecule has 3 aromatic carbocycles. The number of hydrazine groups is 1. The SMILES string of the molecule is Cc1ccc(NN2C(=O)[C@@H]3C[C@@H]4C(=CC[C@@H]5C(=O)N(Cc6cccs6)C(=O)[C@@H]54)[C@H](c4ccccc4OCCO)[C@]3(c3ccccc3)C2=O)cc1. The van der Waals surface area contributed by atoms with Crippen LogP contribution in [0.15, 0.2) is 108 Å². The number of carbonyl (C=O) groups excluding carboxylic acids is 4. The largest absolute Gasteiger partial charge is 0.491 e. The summed E-state index contributed by atoms with van der Waals surface area (Å²) >= 11 is 1.50. The first-order chi connectivity index (χ1) is 24.3. The number of benzene rings is 3. The molecule has 2 N–H and O–H groups in total. The average molecular weight is 688 g/mol. The molecule has 0 radical (unpaired) electrons. The van der Waals surface area contributed by atoms with Gasteiger partial charge in [0, 0.05) is 16.4 Å². The Morgan fingerprint density at radius 1 is 0.880 bits per heavy atom. The summed E-state index contributed by atoms with van der Waals surface area (Å²) in [5.41, 5.74) is 5.62. The molecule has 0 spiro atoms. The average Bonchev–Trinajstić information content (AvgIpc) is 3.80. The van der Waals surface area contributed by atoms with E-state index in [1.54, 1.807) is 0 Å². The number of hydrogen-bond acceptors (Lipinski definition) is 8. The van der Waals surface area contributed by atoms with Crippen LogP contribution in [0, 0.1) is 30.6 Å². The molecule has 254 valence electrons. The topological polar surface area (TPSA) is 116 Å². The van der Waals surface area contributed by atoms with Crippen LogP contribution >= 0.6 is 11.3 Å². The van der Waals surface area contributed by atoms with E-state index in [0.717, 1.165) is 21.0 Å². The van der Waals surface area contributed by atoms with Crippen LogP contribution in [0.5, 0.6) is 5.75 Å². The van der Waals surface area contributed by atoms with Gasteiger partial charge < -0.3 is 9.84 Å². The lowest BCUT2D eigenvalue weighted by molar-refractivity contribution is -0.141. The molecule has 0 bridgehead atoms. The van der Waals surface area contributed by atoms with Gasteiger partial charge in [-0.3, -0.25) is 29.5 Å². The first-order valence-corrected chi connectivity index (χ1v) is 17.9. The number of imide groups is 2. The summed E-state index contributed by atoms with van der Waals surface area (Å²) in [5, 5.41) is 12.8. The smallest absolute Gasteiger partial charge is 0.260 e. The third-order valence-electron chi connectivity index (χ3n) is 11.0. The third kappa shape index (κ3) is 4.92. The Labute approximate surface area is 294 Å². The number of allylic oxidation sites excluding steroid dienone is 2. The number of rotatable bonds is 9. The van der Waals surface area contributed by atoms with E-state index in [1.165, 1.54) is 16.2 Å². The van der Waals surface area contributed by atoms with Gasteiger partial charge in [-0.05, 0) is 60.9 Å². The molecule has 8 rings (SSSR count). The summed E-state index contributed by atoms with van der Waals surface area (Å²) in [6.07, 6.45) is 2.62. The van der Waals surface area contributed by atoms with E-state index in [1.807, 2.05) is 109 Å². The van der Waals surface area contributed by atoms with E-state index in [4.69, 9.17) is 4.74 Å². The zero-order valence-electron chi connectivity index (χ0n) is 27.5. The van der Waals surface area contributed by atoms with Crippen LogP contribution in [0.3, 0.4) is 0 Å². The number of thiophene rings is 1. The number of fused-ring (bicyclic) bond motifs is 4. The fourth-order valence-electron chi connectivity index (χ4n) is 8.88. The highest BCUT2D eigenvalue weighted by atomic mass is 32.1. The maximum Gasteiger partial charge on any atom is 0.260 e. The molecule has 4 aromatic rings. The fourth-order valence-corrected chi connectivity index (χ4v) is 9.57. The van der Waals surface area contributed by atoms with Gasteiger partial charge in [0.2, 0.25) is 11.8 Å². The molecule has 1 aromatic heterocycles. The molecule has 3 heterocycles. The fraction of sp³-hybridized carbons (Fsp3) is 0.300. The Morgan fingerprint density at radius 3 is 2.38 bits per heavy atom. The van der Waals surface area contributed by atoms with Crippen molar-refractivity contribution in [2.45, 2.75) is 37.6 Å². The second-order valence-corrected chi connectivity index (χ2v) is 14.6. The van der Waals surface area contributed by atoms with E-state index < -0.39 is 40.9 Å². The minimum absolute atomic E-state index is 0.0390. The molecule has 2 aliphatic carbocycles. The number of aliphatic hydroxyl groups excluding tert-OH is 1. The van der Waals surface area contributed by atoms with Crippen LogP contribution in [0.1, 0.15) is 40.3 Å². The Hall–Kier alpha value is -5.06. The second-order valence-electron chi connectivity index (χ2n) is 13.5. The quantitative estimate of drug-likeness (QED) is 0.174. The van der Waals surface area contributed by atoms with E-state index in [0.29, 0.717) is 29.0 Å². The first-order valence-electron chi connectivity index (χ1n) is 17.0. The predicted octanol–water partition coefficient (Wildman–Crippen LogP) is 5.61. The van der Waals surface area contributed by atoms with E-state index in [-0.39, 0.29) is 43.9 Å². The zero-order chi connectivity index (χ0) is 34.6. The van der Waals surface area contributed by atoms with Crippen molar-refractivity contribution in [1.82, 2.24) is 9.91 Å². The van der Waals surface area contributed by atoms with E-state index in [2.05, 4.69) is 5.43 Å². The number of para-hydroxylation sites is 1. The number of carbonyl (C=O) groups is 4. The number of aliphatic hydroxyl groups is 1. The van der Waals surface area contributed by atoms with Crippen molar-refractivity contribution >= 4 is 40.7 Å². The summed E-state index contributed by atoms with van der Waals surface area (Å²) in [7, 11) is 0. The van der Waals surface area contributed by atoms with Gasteiger partial charge in [-0.25, -0.2) is 0 Å². The molecule has 50 heavy (non-hydrogen) atoms. The van der Waals surface area contributed by atoms with Gasteiger partial charge in [0.15, 0.2) is 0 Å². The van der Waals surface area contributed by atoms with Crippen molar-refractivity contribution < 1.29 is 29.0 Å². The molecule has 2 aliphatic heterocycles. The molecular formula is C40H37N3O6S. The van der Waals surface area contributed by atoms with Gasteiger partial charge in [-0.15, -0.1) is 11.3 Å². The van der Waals surface area contributed by atoms with Crippen LogP contribution in [0.2, 0.25) is 0 Å². The molecule has 6 atom stereocenters. The van der Waals surface area contributed by atoms with E-state index >= 15 is 4.79 Å². The second kappa shape index (κ2) is 12.7. The van der Waals surface area contributed by atoms with Crippen molar-refractivity contribution in [1.29, 1.82) is 0 Å². The highest BCUT2D eigenvalue weighted by Crippen LogP contribution is 2.65. The molecule has 0 unspecified atom stereocenters. The zero-order valence-corrected chi connectivity index (χ0v) is 28.3. The minimum Gasteiger partial charge on any atom is -0.491 e. The Bertz CT molecular complexity index is 1990.